The quantitative estimate of drug-likeness (QED) is 0.477. The molecule has 0 aliphatic carbocycles. The number of amides is 1. The van der Waals surface area contributed by atoms with Crippen LogP contribution in [0.3, 0.4) is 0 Å². The molecule has 2 N–H and O–H groups in total. The second-order valence-corrected chi connectivity index (χ2v) is 10.5. The fourth-order valence-corrected chi connectivity index (χ4v) is 5.70. The Labute approximate surface area is 197 Å². The van der Waals surface area contributed by atoms with E-state index in [-0.39, 0.29) is 11.3 Å². The molecule has 0 aromatic heterocycles. The lowest BCUT2D eigenvalue weighted by Gasteiger charge is -2.21. The average molecular weight is 465 g/mol. The monoisotopic (exact) mass is 464 g/mol. The Bertz CT molecular complexity index is 1190. The van der Waals surface area contributed by atoms with E-state index >= 15 is 0 Å². The zero-order chi connectivity index (χ0) is 24.2. The Kier molecular flexibility index (Phi) is 7.72. The number of hydrogen-bond donors (Lipinski definition) is 2. The molecule has 33 heavy (non-hydrogen) atoms. The zero-order valence-corrected chi connectivity index (χ0v) is 20.7. The van der Waals surface area contributed by atoms with Crippen LogP contribution in [0.25, 0.3) is 0 Å². The Hall–Kier alpha value is -2.96. The number of hydrogen-bond acceptors (Lipinski definition) is 3. The lowest BCUT2D eigenvalue weighted by molar-refractivity contribution is -0.117. The molecule has 3 rings (SSSR count). The van der Waals surface area contributed by atoms with Crippen LogP contribution in [0.1, 0.15) is 47.6 Å². The molecule has 0 fully saturated rings. The first kappa shape index (κ1) is 24.7. The van der Waals surface area contributed by atoms with Crippen molar-refractivity contribution in [2.45, 2.75) is 57.9 Å². The number of carbonyl (C=O) groups is 1. The maximum atomic E-state index is 13.4. The topological polar surface area (TPSA) is 75.3 Å². The zero-order valence-electron chi connectivity index (χ0n) is 19.8. The number of carbonyl (C=O) groups excluding carboxylic acids is 1. The molecule has 5 nitrogen and oxygen atoms in total. The summed E-state index contributed by atoms with van der Waals surface area (Å²) in [7, 11) is -3.92. The maximum Gasteiger partial charge on any atom is 0.242 e. The van der Waals surface area contributed by atoms with E-state index in [1.165, 1.54) is 5.56 Å². The first-order valence-electron chi connectivity index (χ1n) is 11.1. The summed E-state index contributed by atoms with van der Waals surface area (Å²) in [6.07, 6.45) is 0.236. The number of sulfonamides is 1. The van der Waals surface area contributed by atoms with Crippen LogP contribution in [0.4, 0.5) is 5.69 Å². The van der Waals surface area contributed by atoms with Crippen molar-refractivity contribution in [2.75, 3.05) is 5.32 Å². The van der Waals surface area contributed by atoms with Gasteiger partial charge in [-0.1, -0.05) is 74.0 Å². The van der Waals surface area contributed by atoms with Gasteiger partial charge in [0.25, 0.3) is 0 Å². The molecule has 0 saturated heterocycles. The molecule has 3 aromatic rings. The van der Waals surface area contributed by atoms with E-state index in [0.29, 0.717) is 22.7 Å². The van der Waals surface area contributed by atoms with Gasteiger partial charge in [0.1, 0.15) is 6.04 Å². The van der Waals surface area contributed by atoms with Gasteiger partial charge in [0, 0.05) is 5.69 Å². The molecule has 1 atom stereocenters. The summed E-state index contributed by atoms with van der Waals surface area (Å²) in [6, 6.07) is 19.7. The van der Waals surface area contributed by atoms with Crippen LogP contribution in [-0.2, 0) is 21.2 Å². The SMILES string of the molecule is Cc1cc(C)c(S(=O)(=O)N[C@H](Cc2ccccc2)C(=O)Nc2ccc(C(C)C)cc2)c(C)c1. The fraction of sp³-hybridized carbons (Fsp3) is 0.296. The Morgan fingerprint density at radius 3 is 2.00 bits per heavy atom. The van der Waals surface area contributed by atoms with Crippen molar-refractivity contribution in [3.63, 3.8) is 0 Å². The van der Waals surface area contributed by atoms with E-state index in [9.17, 15) is 13.2 Å². The predicted octanol–water partition coefficient (Wildman–Crippen LogP) is 5.26. The summed E-state index contributed by atoms with van der Waals surface area (Å²) in [5.41, 5.74) is 4.97. The van der Waals surface area contributed by atoms with Crippen molar-refractivity contribution in [2.24, 2.45) is 0 Å². The summed E-state index contributed by atoms with van der Waals surface area (Å²) in [5, 5.41) is 2.87. The van der Waals surface area contributed by atoms with E-state index in [2.05, 4.69) is 23.9 Å². The molecular formula is C27H32N2O3S. The average Bonchev–Trinajstić information content (AvgIpc) is 2.73. The molecule has 0 saturated carbocycles. The first-order chi connectivity index (χ1) is 15.6. The van der Waals surface area contributed by atoms with Gasteiger partial charge < -0.3 is 5.32 Å². The largest absolute Gasteiger partial charge is 0.325 e. The van der Waals surface area contributed by atoms with Gasteiger partial charge in [0.05, 0.1) is 4.90 Å². The highest BCUT2D eigenvalue weighted by Crippen LogP contribution is 2.23. The lowest BCUT2D eigenvalue weighted by Crippen LogP contribution is -2.45. The third-order valence-corrected chi connectivity index (χ3v) is 7.39. The summed E-state index contributed by atoms with van der Waals surface area (Å²) >= 11 is 0. The van der Waals surface area contributed by atoms with Crippen LogP contribution in [0.15, 0.2) is 71.6 Å². The van der Waals surface area contributed by atoms with E-state index < -0.39 is 22.0 Å². The van der Waals surface area contributed by atoms with Crippen LogP contribution in [0.2, 0.25) is 0 Å². The van der Waals surface area contributed by atoms with Crippen LogP contribution >= 0.6 is 0 Å². The minimum absolute atomic E-state index is 0.222. The van der Waals surface area contributed by atoms with Gasteiger partial charge in [-0.25, -0.2) is 8.42 Å². The summed E-state index contributed by atoms with van der Waals surface area (Å²) in [5.74, 6) is -0.0180. The van der Waals surface area contributed by atoms with Crippen LogP contribution in [0, 0.1) is 20.8 Å². The van der Waals surface area contributed by atoms with Crippen LogP contribution in [0.5, 0.6) is 0 Å². The van der Waals surface area contributed by atoms with E-state index in [4.69, 9.17) is 0 Å². The fourth-order valence-electron chi connectivity index (χ4n) is 4.06. The van der Waals surface area contributed by atoms with Crippen molar-refractivity contribution < 1.29 is 13.2 Å². The highest BCUT2D eigenvalue weighted by molar-refractivity contribution is 7.89. The minimum atomic E-state index is -3.92. The first-order valence-corrected chi connectivity index (χ1v) is 12.6. The standard InChI is InChI=1S/C27H32N2O3S/c1-18(2)23-11-13-24(14-12-23)28-27(30)25(17-22-9-7-6-8-10-22)29-33(31,32)26-20(4)15-19(3)16-21(26)5/h6-16,18,25,29H,17H2,1-5H3,(H,28,30)/t25-/m1/s1. The second kappa shape index (κ2) is 10.3. The number of rotatable bonds is 8. The van der Waals surface area contributed by atoms with Crippen molar-refractivity contribution in [3.05, 3.63) is 94.5 Å². The van der Waals surface area contributed by atoms with Crippen molar-refractivity contribution >= 4 is 21.6 Å². The van der Waals surface area contributed by atoms with E-state index in [1.807, 2.05) is 73.7 Å². The molecule has 6 heteroatoms. The second-order valence-electron chi connectivity index (χ2n) is 8.86. The summed E-state index contributed by atoms with van der Waals surface area (Å²) < 4.78 is 29.4. The molecule has 0 bridgehead atoms. The molecule has 0 aliphatic rings. The maximum absolute atomic E-state index is 13.4. The van der Waals surface area contributed by atoms with E-state index in [1.54, 1.807) is 13.8 Å². The van der Waals surface area contributed by atoms with Crippen molar-refractivity contribution in [1.29, 1.82) is 0 Å². The number of aryl methyl sites for hydroxylation is 3. The van der Waals surface area contributed by atoms with Gasteiger partial charge >= 0.3 is 0 Å². The highest BCUT2D eigenvalue weighted by atomic mass is 32.2. The third kappa shape index (κ3) is 6.30. The normalized spacial score (nSPS) is 12.5. The molecule has 0 aliphatic heterocycles. The lowest BCUT2D eigenvalue weighted by atomic mass is 10.0. The molecular weight excluding hydrogens is 432 g/mol. The smallest absolute Gasteiger partial charge is 0.242 e. The Morgan fingerprint density at radius 2 is 1.45 bits per heavy atom. The number of anilines is 1. The third-order valence-electron chi connectivity index (χ3n) is 5.61. The molecule has 174 valence electrons. The highest BCUT2D eigenvalue weighted by Gasteiger charge is 2.28. The Balaban J connectivity index is 1.90. The molecule has 3 aromatic carbocycles. The summed E-state index contributed by atoms with van der Waals surface area (Å²) in [4.78, 5) is 13.5. The van der Waals surface area contributed by atoms with Crippen LogP contribution in [-0.4, -0.2) is 20.4 Å². The molecule has 0 radical (unpaired) electrons. The van der Waals surface area contributed by atoms with E-state index in [0.717, 1.165) is 11.1 Å². The van der Waals surface area contributed by atoms with Gasteiger partial charge in [-0.2, -0.15) is 4.72 Å². The van der Waals surface area contributed by atoms with Gasteiger partial charge in [-0.15, -0.1) is 0 Å². The van der Waals surface area contributed by atoms with Crippen molar-refractivity contribution in [1.82, 2.24) is 4.72 Å². The molecule has 0 spiro atoms. The van der Waals surface area contributed by atoms with Crippen LogP contribution < -0.4 is 10.0 Å². The van der Waals surface area contributed by atoms with Crippen molar-refractivity contribution in [3.8, 4) is 0 Å². The summed E-state index contributed by atoms with van der Waals surface area (Å²) in [6.45, 7) is 9.69. The number of nitrogens with one attached hydrogen (secondary N) is 2. The molecule has 0 unspecified atom stereocenters. The van der Waals surface area contributed by atoms with Gasteiger partial charge in [-0.05, 0) is 67.5 Å². The van der Waals surface area contributed by atoms with Gasteiger partial charge in [0.15, 0.2) is 0 Å². The minimum Gasteiger partial charge on any atom is -0.325 e. The molecule has 0 heterocycles. The van der Waals surface area contributed by atoms with Gasteiger partial charge in [-0.3, -0.25) is 4.79 Å². The predicted molar refractivity (Wildman–Crippen MR) is 134 cm³/mol. The molecule has 1 amide bonds. The number of benzene rings is 3. The van der Waals surface area contributed by atoms with Gasteiger partial charge in [0.2, 0.25) is 15.9 Å². The Morgan fingerprint density at radius 1 is 0.879 bits per heavy atom.